The largest absolute Gasteiger partial charge is 0.341 e. The van der Waals surface area contributed by atoms with Gasteiger partial charge < -0.3 is 4.90 Å². The lowest BCUT2D eigenvalue weighted by Crippen LogP contribution is -2.44. The Morgan fingerprint density at radius 3 is 2.72 bits per heavy atom. The van der Waals surface area contributed by atoms with Gasteiger partial charge in [-0.05, 0) is 18.3 Å². The average Bonchev–Trinajstić information content (AvgIpc) is 2.75. The van der Waals surface area contributed by atoms with Crippen LogP contribution in [0.4, 0.5) is 0 Å². The van der Waals surface area contributed by atoms with Crippen LogP contribution in [0.1, 0.15) is 26.1 Å². The summed E-state index contributed by atoms with van der Waals surface area (Å²) in [4.78, 5) is 17.8. The lowest BCUT2D eigenvalue weighted by atomic mass is 9.92. The van der Waals surface area contributed by atoms with Crippen LogP contribution in [0.2, 0.25) is 0 Å². The summed E-state index contributed by atoms with van der Waals surface area (Å²) in [6.45, 7) is 6.11. The van der Waals surface area contributed by atoms with Crippen molar-refractivity contribution in [2.75, 3.05) is 13.1 Å². The van der Waals surface area contributed by atoms with Crippen LogP contribution in [-0.4, -0.2) is 38.7 Å². The maximum Gasteiger partial charge on any atom is 0.252 e. The number of nitriles is 1. The number of carbonyl (C=O) groups is 1. The number of hydrogen-bond donors (Lipinski definition) is 0. The van der Waals surface area contributed by atoms with Crippen LogP contribution in [-0.2, 0) is 11.3 Å². The summed E-state index contributed by atoms with van der Waals surface area (Å²) in [5.74, 6) is 1.23. The number of piperidine rings is 1. The topological polar surface area (TPSA) is 74.8 Å². The molecule has 0 spiro atoms. The first-order chi connectivity index (χ1) is 8.58. The molecule has 0 N–H and O–H groups in total. The van der Waals surface area contributed by atoms with Crippen molar-refractivity contribution in [1.29, 1.82) is 5.26 Å². The second-order valence-electron chi connectivity index (χ2n) is 5.12. The lowest BCUT2D eigenvalue weighted by molar-refractivity contribution is -0.134. The quantitative estimate of drug-likeness (QED) is 0.769. The predicted molar refractivity (Wildman–Crippen MR) is 64.3 cm³/mol. The molecule has 2 rings (SSSR count). The molecule has 0 aromatic carbocycles. The van der Waals surface area contributed by atoms with Crippen molar-refractivity contribution < 1.29 is 4.79 Å². The smallest absolute Gasteiger partial charge is 0.252 e. The fraction of sp³-hybridized carbons (Fsp3) is 0.667. The van der Waals surface area contributed by atoms with E-state index in [4.69, 9.17) is 5.26 Å². The van der Waals surface area contributed by atoms with Crippen molar-refractivity contribution in [2.24, 2.45) is 11.8 Å². The molecule has 1 aliphatic rings. The van der Waals surface area contributed by atoms with Gasteiger partial charge in [-0.3, -0.25) is 4.79 Å². The molecule has 0 bridgehead atoms. The highest BCUT2D eigenvalue weighted by atomic mass is 16.2. The molecule has 1 amide bonds. The molecular formula is C12H17N5O. The van der Waals surface area contributed by atoms with E-state index in [2.05, 4.69) is 23.9 Å². The molecule has 0 saturated carbocycles. The van der Waals surface area contributed by atoms with Gasteiger partial charge in [-0.1, -0.05) is 13.8 Å². The Bertz CT molecular complexity index is 465. The van der Waals surface area contributed by atoms with Crippen molar-refractivity contribution in [1.82, 2.24) is 19.7 Å². The van der Waals surface area contributed by atoms with Crippen LogP contribution in [0, 0.1) is 23.2 Å². The van der Waals surface area contributed by atoms with Crippen molar-refractivity contribution in [3.63, 3.8) is 0 Å². The molecule has 6 heteroatoms. The summed E-state index contributed by atoms with van der Waals surface area (Å²) in [6.07, 6.45) is 2.60. The van der Waals surface area contributed by atoms with Gasteiger partial charge in [-0.15, -0.1) is 5.10 Å². The van der Waals surface area contributed by atoms with Crippen molar-refractivity contribution in [3.05, 3.63) is 12.2 Å². The number of carbonyl (C=O) groups excluding carboxylic acids is 1. The SMILES string of the molecule is C[C@@H]1C[C@H](C)CN(C(=O)Cn2cnc(C#N)n2)C1. The minimum Gasteiger partial charge on any atom is -0.341 e. The molecule has 1 fully saturated rings. The Morgan fingerprint density at radius 2 is 2.17 bits per heavy atom. The number of likely N-dealkylation sites (tertiary alicyclic amines) is 1. The number of hydrogen-bond acceptors (Lipinski definition) is 4. The normalized spacial score (nSPS) is 23.7. The number of aromatic nitrogens is 3. The van der Waals surface area contributed by atoms with E-state index in [0.717, 1.165) is 13.1 Å². The lowest BCUT2D eigenvalue weighted by Gasteiger charge is -2.34. The monoisotopic (exact) mass is 247 g/mol. The minimum absolute atomic E-state index is 0.0442. The van der Waals surface area contributed by atoms with E-state index in [-0.39, 0.29) is 18.3 Å². The third-order valence-corrected chi connectivity index (χ3v) is 3.16. The molecule has 96 valence electrons. The highest BCUT2D eigenvalue weighted by Gasteiger charge is 2.25. The molecule has 1 aliphatic heterocycles. The predicted octanol–water partition coefficient (Wildman–Crippen LogP) is 0.654. The fourth-order valence-corrected chi connectivity index (χ4v) is 2.53. The van der Waals surface area contributed by atoms with Crippen molar-refractivity contribution >= 4 is 5.91 Å². The van der Waals surface area contributed by atoms with E-state index in [1.807, 2.05) is 11.0 Å². The highest BCUT2D eigenvalue weighted by Crippen LogP contribution is 2.20. The minimum atomic E-state index is 0.0442. The van der Waals surface area contributed by atoms with Crippen LogP contribution >= 0.6 is 0 Å². The van der Waals surface area contributed by atoms with Crippen LogP contribution < -0.4 is 0 Å². The standard InChI is InChI=1S/C12H17N5O/c1-9-3-10(2)6-16(5-9)12(18)7-17-8-14-11(4-13)15-17/h8-10H,3,5-7H2,1-2H3/t9-,10+. The number of nitrogens with zero attached hydrogens (tertiary/aromatic N) is 5. The molecule has 6 nitrogen and oxygen atoms in total. The summed E-state index contributed by atoms with van der Waals surface area (Å²) >= 11 is 0. The molecule has 18 heavy (non-hydrogen) atoms. The van der Waals surface area contributed by atoms with Crippen LogP contribution in [0.25, 0.3) is 0 Å². The van der Waals surface area contributed by atoms with Gasteiger partial charge in [0.1, 0.15) is 18.9 Å². The summed E-state index contributed by atoms with van der Waals surface area (Å²) in [5.41, 5.74) is 0. The van der Waals surface area contributed by atoms with Crippen molar-refractivity contribution in [3.8, 4) is 6.07 Å². The molecule has 2 atom stereocenters. The van der Waals surface area contributed by atoms with Gasteiger partial charge in [0.25, 0.3) is 5.82 Å². The zero-order valence-electron chi connectivity index (χ0n) is 10.7. The maximum absolute atomic E-state index is 12.1. The average molecular weight is 247 g/mol. The van der Waals surface area contributed by atoms with E-state index in [0.29, 0.717) is 11.8 Å². The first-order valence-corrected chi connectivity index (χ1v) is 6.15. The number of amides is 1. The summed E-state index contributed by atoms with van der Waals surface area (Å²) in [5, 5.41) is 12.5. The first kappa shape index (κ1) is 12.6. The van der Waals surface area contributed by atoms with Gasteiger partial charge in [0.05, 0.1) is 0 Å². The summed E-state index contributed by atoms with van der Waals surface area (Å²) < 4.78 is 1.42. The molecule has 1 aromatic rings. The Labute approximate surface area is 106 Å². The third kappa shape index (κ3) is 2.86. The van der Waals surface area contributed by atoms with Gasteiger partial charge in [-0.25, -0.2) is 9.67 Å². The second-order valence-corrected chi connectivity index (χ2v) is 5.12. The molecule has 0 radical (unpaired) electrons. The van der Waals surface area contributed by atoms with E-state index in [9.17, 15) is 4.79 Å². The zero-order chi connectivity index (χ0) is 13.1. The van der Waals surface area contributed by atoms with Crippen molar-refractivity contribution in [2.45, 2.75) is 26.8 Å². The summed E-state index contributed by atoms with van der Waals surface area (Å²) in [7, 11) is 0. The molecule has 0 unspecified atom stereocenters. The molecule has 1 saturated heterocycles. The van der Waals surface area contributed by atoms with Gasteiger partial charge in [0.15, 0.2) is 0 Å². The summed E-state index contributed by atoms with van der Waals surface area (Å²) in [6, 6.07) is 1.85. The first-order valence-electron chi connectivity index (χ1n) is 6.15. The van der Waals surface area contributed by atoms with Crippen LogP contribution in [0.5, 0.6) is 0 Å². The van der Waals surface area contributed by atoms with E-state index in [1.165, 1.54) is 17.4 Å². The van der Waals surface area contributed by atoms with Gasteiger partial charge in [0.2, 0.25) is 5.91 Å². The number of rotatable bonds is 2. The zero-order valence-corrected chi connectivity index (χ0v) is 10.7. The Hall–Kier alpha value is -1.90. The van der Waals surface area contributed by atoms with Gasteiger partial charge in [-0.2, -0.15) is 5.26 Å². The Balaban J connectivity index is 1.97. The van der Waals surface area contributed by atoms with Gasteiger partial charge >= 0.3 is 0 Å². The van der Waals surface area contributed by atoms with Crippen LogP contribution in [0.3, 0.4) is 0 Å². The third-order valence-electron chi connectivity index (χ3n) is 3.16. The highest BCUT2D eigenvalue weighted by molar-refractivity contribution is 5.76. The Morgan fingerprint density at radius 1 is 1.50 bits per heavy atom. The second kappa shape index (κ2) is 5.17. The Kier molecular flexibility index (Phi) is 3.60. The molecule has 0 aliphatic carbocycles. The molecule has 1 aromatic heterocycles. The van der Waals surface area contributed by atoms with E-state index in [1.54, 1.807) is 0 Å². The van der Waals surface area contributed by atoms with E-state index < -0.39 is 0 Å². The maximum atomic E-state index is 12.1. The van der Waals surface area contributed by atoms with Crippen LogP contribution in [0.15, 0.2) is 6.33 Å². The molecular weight excluding hydrogens is 230 g/mol. The van der Waals surface area contributed by atoms with E-state index >= 15 is 0 Å². The molecule has 2 heterocycles. The fourth-order valence-electron chi connectivity index (χ4n) is 2.53. The van der Waals surface area contributed by atoms with Gasteiger partial charge in [0, 0.05) is 13.1 Å².